The van der Waals surface area contributed by atoms with E-state index >= 15 is 0 Å². The number of hydrogen-bond donors (Lipinski definition) is 0. The van der Waals surface area contributed by atoms with Crippen molar-refractivity contribution >= 4 is 23.2 Å². The van der Waals surface area contributed by atoms with Gasteiger partial charge in [-0.3, -0.25) is 0 Å². The Kier molecular flexibility index (Phi) is 3.91. The van der Waals surface area contributed by atoms with Crippen LogP contribution in [0.1, 0.15) is 5.56 Å². The van der Waals surface area contributed by atoms with E-state index in [-0.39, 0.29) is 0 Å². The summed E-state index contributed by atoms with van der Waals surface area (Å²) >= 11 is 12.0. The highest BCUT2D eigenvalue weighted by Crippen LogP contribution is 2.25. The molecule has 2 nitrogen and oxygen atoms in total. The van der Waals surface area contributed by atoms with E-state index in [1.165, 1.54) is 5.56 Å². The summed E-state index contributed by atoms with van der Waals surface area (Å²) in [5.41, 5.74) is 3.91. The first-order chi connectivity index (χ1) is 10.1. The maximum absolute atomic E-state index is 6.14. The van der Waals surface area contributed by atoms with E-state index in [1.807, 2.05) is 48.5 Å². The number of halogens is 2. The number of rotatable bonds is 2. The summed E-state index contributed by atoms with van der Waals surface area (Å²) in [5.74, 6) is 0.592. The molecule has 3 rings (SSSR count). The molecule has 0 amide bonds. The van der Waals surface area contributed by atoms with Crippen LogP contribution in [-0.4, -0.2) is 9.97 Å². The molecule has 0 saturated carbocycles. The number of hydrogen-bond acceptors (Lipinski definition) is 2. The van der Waals surface area contributed by atoms with Crippen LogP contribution in [0, 0.1) is 6.92 Å². The molecule has 0 aliphatic heterocycles. The van der Waals surface area contributed by atoms with Gasteiger partial charge in [-0.15, -0.1) is 0 Å². The van der Waals surface area contributed by atoms with E-state index in [1.54, 1.807) is 6.07 Å². The van der Waals surface area contributed by atoms with Gasteiger partial charge in [0.2, 0.25) is 0 Å². The van der Waals surface area contributed by atoms with Crippen molar-refractivity contribution in [2.75, 3.05) is 0 Å². The fourth-order valence-electron chi connectivity index (χ4n) is 2.02. The molecule has 0 fully saturated rings. The van der Waals surface area contributed by atoms with E-state index in [0.29, 0.717) is 16.0 Å². The van der Waals surface area contributed by atoms with Crippen LogP contribution in [0.25, 0.3) is 22.6 Å². The fourth-order valence-corrected chi connectivity index (χ4v) is 2.33. The zero-order chi connectivity index (χ0) is 14.8. The average Bonchev–Trinajstić information content (AvgIpc) is 2.48. The van der Waals surface area contributed by atoms with Gasteiger partial charge in [-0.25, -0.2) is 9.97 Å². The lowest BCUT2D eigenvalue weighted by Crippen LogP contribution is -1.93. The number of nitrogens with zero attached hydrogens (tertiary/aromatic N) is 2. The van der Waals surface area contributed by atoms with Crippen molar-refractivity contribution in [1.29, 1.82) is 0 Å². The van der Waals surface area contributed by atoms with Crippen LogP contribution in [0.5, 0.6) is 0 Å². The Morgan fingerprint density at radius 1 is 0.762 bits per heavy atom. The van der Waals surface area contributed by atoms with Crippen LogP contribution in [-0.2, 0) is 0 Å². The van der Waals surface area contributed by atoms with E-state index in [9.17, 15) is 0 Å². The van der Waals surface area contributed by atoms with E-state index < -0.39 is 0 Å². The minimum atomic E-state index is 0.422. The quantitative estimate of drug-likeness (QED) is 0.590. The number of benzene rings is 2. The lowest BCUT2D eigenvalue weighted by Gasteiger charge is -2.06. The molecule has 3 aromatic rings. The van der Waals surface area contributed by atoms with Gasteiger partial charge in [0, 0.05) is 22.2 Å². The van der Waals surface area contributed by atoms with Crippen molar-refractivity contribution in [2.24, 2.45) is 0 Å². The summed E-state index contributed by atoms with van der Waals surface area (Å²) in [6.45, 7) is 2.05. The molecule has 2 aromatic carbocycles. The third-order valence-electron chi connectivity index (χ3n) is 3.14. The maximum Gasteiger partial charge on any atom is 0.161 e. The minimum Gasteiger partial charge on any atom is -0.228 e. The Hall–Kier alpha value is -1.90. The Bertz CT molecular complexity index is 702. The zero-order valence-corrected chi connectivity index (χ0v) is 12.9. The summed E-state index contributed by atoms with van der Waals surface area (Å²) in [6, 6.07) is 17.3. The van der Waals surface area contributed by atoms with Crippen molar-refractivity contribution < 1.29 is 0 Å². The van der Waals surface area contributed by atoms with Gasteiger partial charge in [-0.1, -0.05) is 53.0 Å². The molecule has 21 heavy (non-hydrogen) atoms. The van der Waals surface area contributed by atoms with Crippen LogP contribution < -0.4 is 0 Å². The van der Waals surface area contributed by atoms with Gasteiger partial charge in [0.1, 0.15) is 5.15 Å². The molecular formula is C17H12Cl2N2. The molecule has 1 aromatic heterocycles. The average molecular weight is 315 g/mol. The second-order valence-electron chi connectivity index (χ2n) is 4.77. The first-order valence-corrected chi connectivity index (χ1v) is 7.25. The molecule has 0 N–H and O–H groups in total. The predicted octanol–water partition coefficient (Wildman–Crippen LogP) is 5.43. The van der Waals surface area contributed by atoms with Crippen molar-refractivity contribution in [3.63, 3.8) is 0 Å². The monoisotopic (exact) mass is 314 g/mol. The van der Waals surface area contributed by atoms with Crippen molar-refractivity contribution in [2.45, 2.75) is 6.92 Å². The second kappa shape index (κ2) is 5.84. The topological polar surface area (TPSA) is 25.8 Å². The van der Waals surface area contributed by atoms with E-state index in [4.69, 9.17) is 23.2 Å². The van der Waals surface area contributed by atoms with Gasteiger partial charge < -0.3 is 0 Å². The normalized spacial score (nSPS) is 10.6. The minimum absolute atomic E-state index is 0.422. The molecule has 0 saturated heterocycles. The van der Waals surface area contributed by atoms with Gasteiger partial charge in [0.05, 0.1) is 5.69 Å². The van der Waals surface area contributed by atoms with Gasteiger partial charge in [0.15, 0.2) is 5.82 Å². The third-order valence-corrected chi connectivity index (χ3v) is 3.59. The second-order valence-corrected chi connectivity index (χ2v) is 5.60. The van der Waals surface area contributed by atoms with Crippen LogP contribution in [0.15, 0.2) is 54.6 Å². The van der Waals surface area contributed by atoms with Gasteiger partial charge in [0.25, 0.3) is 0 Å². The molecule has 0 aliphatic rings. The molecular weight excluding hydrogens is 303 g/mol. The Morgan fingerprint density at radius 3 is 2.05 bits per heavy atom. The van der Waals surface area contributed by atoms with E-state index in [2.05, 4.69) is 16.9 Å². The standard InChI is InChI=1S/C17H12Cl2N2/c1-11-2-4-12(5-3-11)15-10-16(19)21-17(20-15)13-6-8-14(18)9-7-13/h2-10H,1H3. The predicted molar refractivity (Wildman–Crippen MR) is 87.7 cm³/mol. The van der Waals surface area contributed by atoms with Gasteiger partial charge >= 0.3 is 0 Å². The van der Waals surface area contributed by atoms with Crippen molar-refractivity contribution in [3.8, 4) is 22.6 Å². The summed E-state index contributed by atoms with van der Waals surface area (Å²) in [7, 11) is 0. The summed E-state index contributed by atoms with van der Waals surface area (Å²) < 4.78 is 0. The lowest BCUT2D eigenvalue weighted by molar-refractivity contribution is 1.18. The Labute approximate surface area is 133 Å². The Morgan fingerprint density at radius 2 is 1.38 bits per heavy atom. The number of aromatic nitrogens is 2. The summed E-state index contributed by atoms with van der Waals surface area (Å²) in [4.78, 5) is 8.88. The highest BCUT2D eigenvalue weighted by molar-refractivity contribution is 6.30. The SMILES string of the molecule is Cc1ccc(-c2cc(Cl)nc(-c3ccc(Cl)cc3)n2)cc1. The highest BCUT2D eigenvalue weighted by atomic mass is 35.5. The molecule has 1 heterocycles. The molecule has 0 radical (unpaired) electrons. The maximum atomic E-state index is 6.14. The van der Waals surface area contributed by atoms with Gasteiger partial charge in [-0.2, -0.15) is 0 Å². The van der Waals surface area contributed by atoms with Crippen molar-refractivity contribution in [3.05, 3.63) is 70.3 Å². The summed E-state index contributed by atoms with van der Waals surface area (Å²) in [6.07, 6.45) is 0. The number of aryl methyl sites for hydroxylation is 1. The van der Waals surface area contributed by atoms with Crippen LogP contribution >= 0.6 is 23.2 Å². The fraction of sp³-hybridized carbons (Fsp3) is 0.0588. The Balaban J connectivity index is 2.07. The smallest absolute Gasteiger partial charge is 0.161 e. The third kappa shape index (κ3) is 3.23. The van der Waals surface area contributed by atoms with Gasteiger partial charge in [-0.05, 0) is 31.2 Å². The zero-order valence-electron chi connectivity index (χ0n) is 11.3. The molecule has 0 atom stereocenters. The highest BCUT2D eigenvalue weighted by Gasteiger charge is 2.07. The summed E-state index contributed by atoms with van der Waals surface area (Å²) in [5, 5.41) is 1.10. The molecule has 0 aliphatic carbocycles. The van der Waals surface area contributed by atoms with Crippen LogP contribution in [0.4, 0.5) is 0 Å². The molecule has 0 unspecified atom stereocenters. The largest absolute Gasteiger partial charge is 0.228 e. The van der Waals surface area contributed by atoms with Crippen LogP contribution in [0.3, 0.4) is 0 Å². The molecule has 0 bridgehead atoms. The first-order valence-electron chi connectivity index (χ1n) is 6.49. The lowest BCUT2D eigenvalue weighted by atomic mass is 10.1. The van der Waals surface area contributed by atoms with Crippen molar-refractivity contribution in [1.82, 2.24) is 9.97 Å². The molecule has 104 valence electrons. The van der Waals surface area contributed by atoms with Crippen LogP contribution in [0.2, 0.25) is 10.2 Å². The van der Waals surface area contributed by atoms with E-state index in [0.717, 1.165) is 16.8 Å². The first kappa shape index (κ1) is 14.1. The molecule has 4 heteroatoms. The molecule has 0 spiro atoms.